The minimum absolute atomic E-state index is 0.280. The van der Waals surface area contributed by atoms with Crippen LogP contribution in [-0.2, 0) is 6.42 Å². The number of aromatic carboxylic acids is 1. The number of aliphatic hydroxyl groups excluding tert-OH is 1. The molecule has 0 aliphatic rings. The molecule has 0 aliphatic heterocycles. The lowest BCUT2D eigenvalue weighted by atomic mass is 10.0. The lowest BCUT2D eigenvalue weighted by Crippen LogP contribution is -2.23. The van der Waals surface area contributed by atoms with Crippen molar-refractivity contribution in [1.82, 2.24) is 10.3 Å². The number of nitrogens with zero attached hydrogens (tertiary/aromatic N) is 1. The topological polar surface area (TPSA) is 82.5 Å². The van der Waals surface area contributed by atoms with Crippen molar-refractivity contribution >= 4 is 17.6 Å². The molecule has 2 aromatic carbocycles. The van der Waals surface area contributed by atoms with Crippen LogP contribution in [0.1, 0.15) is 27.6 Å². The predicted molar refractivity (Wildman–Crippen MR) is 110 cm³/mol. The smallest absolute Gasteiger partial charge is 0.335 e. The maximum absolute atomic E-state index is 10.9. The van der Waals surface area contributed by atoms with Crippen molar-refractivity contribution in [2.24, 2.45) is 0 Å². The molecule has 0 saturated heterocycles. The number of nitrogens with one attached hydrogen (secondary N) is 1. The van der Waals surface area contributed by atoms with E-state index < -0.39 is 12.1 Å². The van der Waals surface area contributed by atoms with Gasteiger partial charge >= 0.3 is 5.97 Å². The van der Waals surface area contributed by atoms with Crippen LogP contribution in [0.5, 0.6) is 0 Å². The fourth-order valence-corrected chi connectivity index (χ4v) is 3.05. The molecule has 6 heteroatoms. The number of pyridine rings is 1. The van der Waals surface area contributed by atoms with Crippen LogP contribution in [0.3, 0.4) is 0 Å². The highest BCUT2D eigenvalue weighted by Crippen LogP contribution is 2.21. The summed E-state index contributed by atoms with van der Waals surface area (Å²) in [4.78, 5) is 14.9. The Bertz CT molecular complexity index is 927. The molecule has 28 heavy (non-hydrogen) atoms. The molecule has 0 spiro atoms. The summed E-state index contributed by atoms with van der Waals surface area (Å²) in [6, 6.07) is 16.7. The van der Waals surface area contributed by atoms with Gasteiger partial charge in [-0.1, -0.05) is 48.0 Å². The first-order valence-corrected chi connectivity index (χ1v) is 9.32. The Labute approximate surface area is 168 Å². The van der Waals surface area contributed by atoms with Gasteiger partial charge in [0.15, 0.2) is 0 Å². The molecule has 0 amide bonds. The Kier molecular flexibility index (Phi) is 6.76. The van der Waals surface area contributed by atoms with Crippen molar-refractivity contribution in [1.29, 1.82) is 0 Å². The van der Waals surface area contributed by atoms with Gasteiger partial charge in [-0.3, -0.25) is 4.98 Å². The molecule has 0 unspecified atom stereocenters. The van der Waals surface area contributed by atoms with Crippen LogP contribution < -0.4 is 5.32 Å². The van der Waals surface area contributed by atoms with E-state index in [2.05, 4.69) is 22.4 Å². The Hall–Kier alpha value is -2.73. The lowest BCUT2D eigenvalue weighted by molar-refractivity contribution is 0.0697. The van der Waals surface area contributed by atoms with E-state index >= 15 is 0 Å². The molecule has 1 heterocycles. The monoisotopic (exact) mass is 396 g/mol. The highest BCUT2D eigenvalue weighted by Gasteiger charge is 2.08. The molecule has 0 aliphatic carbocycles. The van der Waals surface area contributed by atoms with Gasteiger partial charge in [0, 0.05) is 24.5 Å². The summed E-state index contributed by atoms with van der Waals surface area (Å²) in [6.07, 6.45) is 3.33. The molecule has 5 nitrogen and oxygen atoms in total. The zero-order valence-electron chi connectivity index (χ0n) is 15.2. The van der Waals surface area contributed by atoms with Gasteiger partial charge in [-0.15, -0.1) is 0 Å². The van der Waals surface area contributed by atoms with E-state index in [0.717, 1.165) is 24.1 Å². The Morgan fingerprint density at radius 1 is 1.04 bits per heavy atom. The molecule has 1 atom stereocenters. The number of rotatable bonds is 8. The van der Waals surface area contributed by atoms with Crippen LogP contribution in [0.2, 0.25) is 5.02 Å². The third-order valence-corrected chi connectivity index (χ3v) is 4.66. The molecule has 0 radical (unpaired) electrons. The number of carboxylic acids is 1. The Balaban J connectivity index is 1.48. The van der Waals surface area contributed by atoms with Gasteiger partial charge in [0.25, 0.3) is 0 Å². The first-order chi connectivity index (χ1) is 13.5. The summed E-state index contributed by atoms with van der Waals surface area (Å²) >= 11 is 5.89. The number of aromatic nitrogens is 1. The average molecular weight is 397 g/mol. The minimum Gasteiger partial charge on any atom is -0.478 e. The molecule has 3 aromatic rings. The summed E-state index contributed by atoms with van der Waals surface area (Å²) in [7, 11) is 0. The number of hydrogen-bond donors (Lipinski definition) is 3. The number of halogens is 1. The van der Waals surface area contributed by atoms with Gasteiger partial charge in [-0.05, 0) is 47.9 Å². The van der Waals surface area contributed by atoms with Gasteiger partial charge < -0.3 is 15.5 Å². The second-order valence-corrected chi connectivity index (χ2v) is 6.92. The highest BCUT2D eigenvalue weighted by molar-refractivity contribution is 6.30. The van der Waals surface area contributed by atoms with E-state index in [1.165, 1.54) is 11.8 Å². The highest BCUT2D eigenvalue weighted by atomic mass is 35.5. The fraction of sp³-hybridized carbons (Fsp3) is 0.182. The van der Waals surface area contributed by atoms with E-state index in [1.54, 1.807) is 24.4 Å². The van der Waals surface area contributed by atoms with Crippen LogP contribution in [0.25, 0.3) is 11.1 Å². The number of hydrogen-bond acceptors (Lipinski definition) is 4. The zero-order valence-corrected chi connectivity index (χ0v) is 15.9. The first kappa shape index (κ1) is 20.0. The van der Waals surface area contributed by atoms with Gasteiger partial charge in [0.2, 0.25) is 0 Å². The molecule has 3 rings (SSSR count). The molecular weight excluding hydrogens is 376 g/mol. The standard InChI is InChI=1S/C22H21ClN2O3/c23-20-11-19(12-25-13-20)21(26)14-24-10-9-15-1-3-16(4-2-15)17-5-7-18(8-6-17)22(27)28/h1-8,11-13,21,24,26H,9-10,14H2,(H,27,28)/t21-/m0/s1. The number of aliphatic hydroxyl groups is 1. The maximum atomic E-state index is 10.9. The molecule has 144 valence electrons. The van der Waals surface area contributed by atoms with Gasteiger partial charge in [0.1, 0.15) is 0 Å². The summed E-state index contributed by atoms with van der Waals surface area (Å²) in [6.45, 7) is 1.16. The third kappa shape index (κ3) is 5.39. The Morgan fingerprint density at radius 3 is 2.29 bits per heavy atom. The summed E-state index contributed by atoms with van der Waals surface area (Å²) in [5.41, 5.74) is 4.17. The molecule has 0 saturated carbocycles. The largest absolute Gasteiger partial charge is 0.478 e. The number of benzene rings is 2. The van der Waals surface area contributed by atoms with Gasteiger partial charge in [-0.2, -0.15) is 0 Å². The number of carboxylic acid groups (broad SMARTS) is 1. The summed E-state index contributed by atoms with van der Waals surface area (Å²) in [5.74, 6) is -0.925. The van der Waals surface area contributed by atoms with Crippen LogP contribution in [0.4, 0.5) is 0 Å². The summed E-state index contributed by atoms with van der Waals surface area (Å²) < 4.78 is 0. The van der Waals surface area contributed by atoms with Gasteiger partial charge in [-0.25, -0.2) is 4.79 Å². The van der Waals surface area contributed by atoms with E-state index in [4.69, 9.17) is 16.7 Å². The Morgan fingerprint density at radius 2 is 1.68 bits per heavy atom. The second-order valence-electron chi connectivity index (χ2n) is 6.49. The molecule has 3 N–H and O–H groups in total. The van der Waals surface area contributed by atoms with Crippen molar-refractivity contribution in [2.75, 3.05) is 13.1 Å². The SMILES string of the molecule is O=C(O)c1ccc(-c2ccc(CCNC[C@H](O)c3cncc(Cl)c3)cc2)cc1. The van der Waals surface area contributed by atoms with E-state index in [1.807, 2.05) is 24.3 Å². The van der Waals surface area contributed by atoms with Crippen LogP contribution >= 0.6 is 11.6 Å². The van der Waals surface area contributed by atoms with E-state index in [0.29, 0.717) is 17.1 Å². The second kappa shape index (κ2) is 9.46. The van der Waals surface area contributed by atoms with Crippen LogP contribution in [0.15, 0.2) is 67.0 Å². The lowest BCUT2D eigenvalue weighted by Gasteiger charge is -2.12. The summed E-state index contributed by atoms with van der Waals surface area (Å²) in [5, 5.41) is 22.9. The van der Waals surface area contributed by atoms with Crippen LogP contribution in [0, 0.1) is 0 Å². The minimum atomic E-state index is -0.925. The maximum Gasteiger partial charge on any atom is 0.335 e. The van der Waals surface area contributed by atoms with Crippen molar-refractivity contribution in [2.45, 2.75) is 12.5 Å². The van der Waals surface area contributed by atoms with E-state index in [-0.39, 0.29) is 5.56 Å². The normalized spacial score (nSPS) is 11.9. The predicted octanol–water partition coefficient (Wildman–Crippen LogP) is 3.97. The van der Waals surface area contributed by atoms with Crippen LogP contribution in [-0.4, -0.2) is 34.3 Å². The van der Waals surface area contributed by atoms with Crippen molar-refractivity contribution < 1.29 is 15.0 Å². The molecule has 1 aromatic heterocycles. The molecule has 0 bridgehead atoms. The third-order valence-electron chi connectivity index (χ3n) is 4.46. The number of carbonyl (C=O) groups is 1. The average Bonchev–Trinajstić information content (AvgIpc) is 2.71. The fourth-order valence-electron chi connectivity index (χ4n) is 2.87. The van der Waals surface area contributed by atoms with E-state index in [9.17, 15) is 9.90 Å². The zero-order chi connectivity index (χ0) is 19.9. The quantitative estimate of drug-likeness (QED) is 0.502. The molecular formula is C22H21ClN2O3. The van der Waals surface area contributed by atoms with Gasteiger partial charge in [0.05, 0.1) is 16.7 Å². The molecule has 0 fully saturated rings. The van der Waals surface area contributed by atoms with Crippen molar-refractivity contribution in [3.63, 3.8) is 0 Å². The van der Waals surface area contributed by atoms with Crippen molar-refractivity contribution in [3.8, 4) is 11.1 Å². The van der Waals surface area contributed by atoms with Crippen molar-refractivity contribution in [3.05, 3.63) is 88.7 Å². The first-order valence-electron chi connectivity index (χ1n) is 8.95.